The molecule has 0 atom stereocenters. The average molecular weight is 303 g/mol. The average Bonchev–Trinajstić information content (AvgIpc) is 2.94. The first kappa shape index (κ1) is 15.1. The molecule has 0 aromatic heterocycles. The lowest BCUT2D eigenvalue weighted by Crippen LogP contribution is -2.44. The van der Waals surface area contributed by atoms with E-state index in [4.69, 9.17) is 14.3 Å². The number of hydrogen-bond acceptors (Lipinski definition) is 5. The van der Waals surface area contributed by atoms with Crippen molar-refractivity contribution in [1.82, 2.24) is 5.06 Å². The smallest absolute Gasteiger partial charge is 0.357 e. The number of piperidine rings is 1. The van der Waals surface area contributed by atoms with Crippen LogP contribution in [0.5, 0.6) is 0 Å². The van der Waals surface area contributed by atoms with Crippen LogP contribution in [0.1, 0.15) is 29.6 Å². The second-order valence-electron chi connectivity index (χ2n) is 5.83. The Morgan fingerprint density at radius 1 is 1.27 bits per heavy atom. The number of hydrogen-bond donors (Lipinski definition) is 0. The number of hydroxylamine groups is 2. The van der Waals surface area contributed by atoms with Gasteiger partial charge >= 0.3 is 5.97 Å². The lowest BCUT2D eigenvalue weighted by Gasteiger charge is -2.37. The van der Waals surface area contributed by atoms with Crippen LogP contribution in [-0.2, 0) is 14.3 Å². The highest BCUT2D eigenvalue weighted by atomic mass is 16.7. The Labute approximate surface area is 130 Å². The molecule has 0 amide bonds. The Kier molecular flexibility index (Phi) is 4.45. The predicted octanol–water partition coefficient (Wildman–Crippen LogP) is 2.54. The number of rotatable bonds is 3. The van der Waals surface area contributed by atoms with Gasteiger partial charge in [0.05, 0.1) is 31.1 Å². The van der Waals surface area contributed by atoms with E-state index in [0.29, 0.717) is 25.3 Å². The van der Waals surface area contributed by atoms with Gasteiger partial charge in [0.1, 0.15) is 0 Å². The third kappa shape index (κ3) is 3.31. The van der Waals surface area contributed by atoms with Gasteiger partial charge in [-0.1, -0.05) is 18.2 Å². The van der Waals surface area contributed by atoms with Crippen molar-refractivity contribution in [1.29, 1.82) is 0 Å². The summed E-state index contributed by atoms with van der Waals surface area (Å²) in [5.74, 6) is -0.302. The molecule has 2 saturated heterocycles. The molecule has 1 spiro atoms. The summed E-state index contributed by atoms with van der Waals surface area (Å²) in [5.41, 5.74) is 1.66. The third-order valence-corrected chi connectivity index (χ3v) is 4.25. The molecule has 0 N–H and O–H groups in total. The molecule has 1 aromatic rings. The minimum absolute atomic E-state index is 0.111. The van der Waals surface area contributed by atoms with Crippen LogP contribution < -0.4 is 0 Å². The molecule has 0 aliphatic carbocycles. The van der Waals surface area contributed by atoms with Crippen molar-refractivity contribution < 1.29 is 19.1 Å². The van der Waals surface area contributed by atoms with Crippen LogP contribution in [-0.4, -0.2) is 43.4 Å². The summed E-state index contributed by atoms with van der Waals surface area (Å²) in [6.07, 6.45) is 4.39. The van der Waals surface area contributed by atoms with Crippen LogP contribution in [0.2, 0.25) is 0 Å². The minimum Gasteiger partial charge on any atom is -0.504 e. The molecule has 5 heteroatoms. The highest BCUT2D eigenvalue weighted by Gasteiger charge is 2.41. The Morgan fingerprint density at radius 3 is 2.68 bits per heavy atom. The fourth-order valence-corrected chi connectivity index (χ4v) is 3.05. The molecular weight excluding hydrogens is 282 g/mol. The van der Waals surface area contributed by atoms with E-state index < -0.39 is 0 Å². The maximum atomic E-state index is 12.0. The molecule has 0 unspecified atom stereocenters. The molecule has 2 aliphatic rings. The second-order valence-corrected chi connectivity index (χ2v) is 5.83. The Morgan fingerprint density at radius 2 is 2.00 bits per heavy atom. The fraction of sp³-hybridized carbons (Fsp3) is 0.471. The van der Waals surface area contributed by atoms with Gasteiger partial charge in [-0.3, -0.25) is 0 Å². The first-order chi connectivity index (χ1) is 10.7. The molecule has 2 aliphatic heterocycles. The van der Waals surface area contributed by atoms with Crippen molar-refractivity contribution in [3.63, 3.8) is 0 Å². The number of benzene rings is 1. The molecule has 2 heterocycles. The van der Waals surface area contributed by atoms with Crippen LogP contribution in [0.15, 0.2) is 42.2 Å². The Balaban J connectivity index is 1.52. The zero-order valence-corrected chi connectivity index (χ0v) is 12.8. The van der Waals surface area contributed by atoms with Crippen LogP contribution in [0.4, 0.5) is 0 Å². The number of carbonyl (C=O) groups is 1. The largest absolute Gasteiger partial charge is 0.504 e. The summed E-state index contributed by atoms with van der Waals surface area (Å²) in [5, 5.41) is 1.74. The predicted molar refractivity (Wildman–Crippen MR) is 81.1 cm³/mol. The Bertz CT molecular complexity index is 547. The Hall–Kier alpha value is -1.85. The molecule has 0 radical (unpaired) electrons. The van der Waals surface area contributed by atoms with Gasteiger partial charge in [0, 0.05) is 19.5 Å². The van der Waals surface area contributed by atoms with E-state index in [1.807, 2.05) is 18.2 Å². The van der Waals surface area contributed by atoms with Crippen molar-refractivity contribution in [2.75, 3.05) is 26.8 Å². The lowest BCUT2D eigenvalue weighted by atomic mass is 9.88. The normalized spacial score (nSPS) is 22.9. The molecule has 22 heavy (non-hydrogen) atoms. The van der Waals surface area contributed by atoms with Gasteiger partial charge in [-0.05, 0) is 30.5 Å². The SMILES string of the molecule is CO/C=C1\COC2(CCN(OC(=O)c3ccccc3)CC2)C1. The highest BCUT2D eigenvalue weighted by Crippen LogP contribution is 2.38. The molecule has 5 nitrogen and oxygen atoms in total. The van der Waals surface area contributed by atoms with E-state index in [9.17, 15) is 4.79 Å². The summed E-state index contributed by atoms with van der Waals surface area (Å²) in [4.78, 5) is 17.5. The third-order valence-electron chi connectivity index (χ3n) is 4.25. The summed E-state index contributed by atoms with van der Waals surface area (Å²) >= 11 is 0. The molecule has 0 saturated carbocycles. The molecule has 118 valence electrons. The fourth-order valence-electron chi connectivity index (χ4n) is 3.05. The van der Waals surface area contributed by atoms with Crippen LogP contribution in [0.25, 0.3) is 0 Å². The van der Waals surface area contributed by atoms with E-state index in [-0.39, 0.29) is 11.6 Å². The monoisotopic (exact) mass is 303 g/mol. The topological polar surface area (TPSA) is 48.0 Å². The maximum absolute atomic E-state index is 12.0. The number of carbonyl (C=O) groups excluding carboxylic acids is 1. The molecular formula is C17H21NO4. The van der Waals surface area contributed by atoms with E-state index in [1.54, 1.807) is 30.6 Å². The number of ether oxygens (including phenoxy) is 2. The van der Waals surface area contributed by atoms with Gasteiger partial charge in [-0.15, -0.1) is 5.06 Å². The standard InChI is InChI=1S/C17H21NO4/c1-20-12-14-11-17(21-13-14)7-9-18(10-8-17)22-16(19)15-5-3-2-4-6-15/h2-6,12H,7-11,13H2,1H3/b14-12-. The summed E-state index contributed by atoms with van der Waals surface area (Å²) < 4.78 is 11.0. The molecule has 0 bridgehead atoms. The number of methoxy groups -OCH3 is 1. The molecule has 3 rings (SSSR count). The van der Waals surface area contributed by atoms with Crippen LogP contribution in [0.3, 0.4) is 0 Å². The van der Waals surface area contributed by atoms with Crippen molar-refractivity contribution in [2.24, 2.45) is 0 Å². The zero-order valence-electron chi connectivity index (χ0n) is 12.8. The van der Waals surface area contributed by atoms with Crippen molar-refractivity contribution in [3.05, 3.63) is 47.7 Å². The highest BCUT2D eigenvalue weighted by molar-refractivity contribution is 5.89. The van der Waals surface area contributed by atoms with Gasteiger partial charge in [-0.25, -0.2) is 4.79 Å². The van der Waals surface area contributed by atoms with Gasteiger partial charge in [0.2, 0.25) is 0 Å². The summed E-state index contributed by atoms with van der Waals surface area (Å²) in [7, 11) is 1.66. The van der Waals surface area contributed by atoms with Crippen LogP contribution in [0, 0.1) is 0 Å². The van der Waals surface area contributed by atoms with Gasteiger partial charge in [-0.2, -0.15) is 0 Å². The zero-order chi connectivity index (χ0) is 15.4. The molecule has 1 aromatic carbocycles. The van der Waals surface area contributed by atoms with Crippen molar-refractivity contribution >= 4 is 5.97 Å². The van der Waals surface area contributed by atoms with Gasteiger partial charge in [0.25, 0.3) is 0 Å². The van der Waals surface area contributed by atoms with Crippen molar-refractivity contribution in [3.8, 4) is 0 Å². The van der Waals surface area contributed by atoms with E-state index in [1.165, 1.54) is 5.57 Å². The first-order valence-electron chi connectivity index (χ1n) is 7.58. The lowest BCUT2D eigenvalue weighted by molar-refractivity contribution is -0.156. The second kappa shape index (κ2) is 6.50. The minimum atomic E-state index is -0.302. The van der Waals surface area contributed by atoms with Crippen LogP contribution >= 0.6 is 0 Å². The van der Waals surface area contributed by atoms with E-state index in [2.05, 4.69) is 0 Å². The maximum Gasteiger partial charge on any atom is 0.357 e. The first-order valence-corrected chi connectivity index (χ1v) is 7.58. The summed E-state index contributed by atoms with van der Waals surface area (Å²) in [6, 6.07) is 9.06. The van der Waals surface area contributed by atoms with Gasteiger partial charge in [0.15, 0.2) is 0 Å². The van der Waals surface area contributed by atoms with Crippen molar-refractivity contribution in [2.45, 2.75) is 24.9 Å². The number of nitrogens with zero attached hydrogens (tertiary/aromatic N) is 1. The molecule has 2 fully saturated rings. The van der Waals surface area contributed by atoms with E-state index in [0.717, 1.165) is 19.3 Å². The van der Waals surface area contributed by atoms with E-state index >= 15 is 0 Å². The quantitative estimate of drug-likeness (QED) is 0.803. The van der Waals surface area contributed by atoms with Gasteiger partial charge < -0.3 is 14.3 Å². The summed E-state index contributed by atoms with van der Waals surface area (Å²) in [6.45, 7) is 2.02.